The zero-order valence-electron chi connectivity index (χ0n) is 6.90. The summed E-state index contributed by atoms with van der Waals surface area (Å²) in [5.74, 6) is -0.824. The van der Waals surface area contributed by atoms with Crippen LogP contribution in [0.3, 0.4) is 0 Å². The van der Waals surface area contributed by atoms with Crippen molar-refractivity contribution in [1.82, 2.24) is 0 Å². The molecule has 0 radical (unpaired) electrons. The van der Waals surface area contributed by atoms with E-state index in [0.717, 1.165) is 0 Å². The maximum Gasteiger partial charge on any atom is 0.337 e. The van der Waals surface area contributed by atoms with Gasteiger partial charge in [-0.05, 0) is 0 Å². The molecule has 0 bridgehead atoms. The van der Waals surface area contributed by atoms with Gasteiger partial charge < -0.3 is 14.2 Å². The molecule has 0 saturated carbocycles. The van der Waals surface area contributed by atoms with Crippen molar-refractivity contribution in [3.05, 3.63) is 0 Å². The number of methoxy groups -OCH3 is 2. The van der Waals surface area contributed by atoms with Gasteiger partial charge in [0, 0.05) is 0 Å². The van der Waals surface area contributed by atoms with Gasteiger partial charge in [-0.2, -0.15) is 0 Å². The largest absolute Gasteiger partial charge is 0.469 e. The van der Waals surface area contributed by atoms with Crippen LogP contribution < -0.4 is 0 Å². The second-order valence-electron chi connectivity index (χ2n) is 2.40. The molecule has 0 aromatic carbocycles. The standard InChI is InChI=1S/C7H10O5/c1-10-5(8)3-4-6(12-4)7(9)11-2/h4,6H,3H2,1-2H3. The lowest BCUT2D eigenvalue weighted by Crippen LogP contribution is -2.14. The third-order valence-electron chi connectivity index (χ3n) is 1.61. The first-order chi connectivity index (χ1) is 5.69. The first-order valence-corrected chi connectivity index (χ1v) is 3.49. The Morgan fingerprint density at radius 3 is 2.50 bits per heavy atom. The Morgan fingerprint density at radius 2 is 2.00 bits per heavy atom. The zero-order chi connectivity index (χ0) is 9.14. The molecule has 1 aliphatic rings. The summed E-state index contributed by atoms with van der Waals surface area (Å²) < 4.78 is 13.7. The van der Waals surface area contributed by atoms with Crippen molar-refractivity contribution >= 4 is 11.9 Å². The van der Waals surface area contributed by atoms with Crippen LogP contribution in [0.2, 0.25) is 0 Å². The van der Waals surface area contributed by atoms with E-state index in [2.05, 4.69) is 9.47 Å². The highest BCUT2D eigenvalue weighted by atomic mass is 16.6. The van der Waals surface area contributed by atoms with E-state index in [9.17, 15) is 9.59 Å². The van der Waals surface area contributed by atoms with Gasteiger partial charge in [0.05, 0.1) is 20.6 Å². The summed E-state index contributed by atoms with van der Waals surface area (Å²) in [5.41, 5.74) is 0. The van der Waals surface area contributed by atoms with Gasteiger partial charge in [0.25, 0.3) is 0 Å². The predicted molar refractivity (Wildman–Crippen MR) is 37.3 cm³/mol. The van der Waals surface area contributed by atoms with Gasteiger partial charge in [-0.15, -0.1) is 0 Å². The van der Waals surface area contributed by atoms with E-state index in [4.69, 9.17) is 4.74 Å². The fraction of sp³-hybridized carbons (Fsp3) is 0.714. The Kier molecular flexibility index (Phi) is 2.65. The molecule has 2 unspecified atom stereocenters. The first-order valence-electron chi connectivity index (χ1n) is 3.49. The average molecular weight is 174 g/mol. The molecule has 0 aromatic rings. The highest BCUT2D eigenvalue weighted by Gasteiger charge is 2.47. The third kappa shape index (κ3) is 1.94. The summed E-state index contributed by atoms with van der Waals surface area (Å²) >= 11 is 0. The Labute approximate surface area is 69.6 Å². The minimum Gasteiger partial charge on any atom is -0.469 e. The molecule has 1 saturated heterocycles. The maximum atomic E-state index is 10.8. The number of ether oxygens (including phenoxy) is 3. The SMILES string of the molecule is COC(=O)CC1OC1C(=O)OC. The van der Waals surface area contributed by atoms with E-state index >= 15 is 0 Å². The van der Waals surface area contributed by atoms with Crippen LogP contribution in [0.25, 0.3) is 0 Å². The van der Waals surface area contributed by atoms with E-state index in [1.54, 1.807) is 0 Å². The van der Waals surface area contributed by atoms with Crippen LogP contribution in [0.5, 0.6) is 0 Å². The van der Waals surface area contributed by atoms with Crippen LogP contribution in [0.4, 0.5) is 0 Å². The number of carbonyl (C=O) groups is 2. The molecular formula is C7H10O5. The third-order valence-corrected chi connectivity index (χ3v) is 1.61. The molecule has 2 atom stereocenters. The molecule has 1 rings (SSSR count). The second-order valence-corrected chi connectivity index (χ2v) is 2.40. The summed E-state index contributed by atoms with van der Waals surface area (Å²) in [6.45, 7) is 0. The summed E-state index contributed by atoms with van der Waals surface area (Å²) in [6.07, 6.45) is -0.824. The minimum absolute atomic E-state index is 0.107. The van der Waals surface area contributed by atoms with Gasteiger partial charge in [-0.25, -0.2) is 4.79 Å². The van der Waals surface area contributed by atoms with E-state index in [1.165, 1.54) is 14.2 Å². The van der Waals surface area contributed by atoms with Gasteiger partial charge >= 0.3 is 11.9 Å². The number of hydrogen-bond acceptors (Lipinski definition) is 5. The number of epoxide rings is 1. The number of hydrogen-bond donors (Lipinski definition) is 0. The molecule has 1 heterocycles. The topological polar surface area (TPSA) is 65.1 Å². The lowest BCUT2D eigenvalue weighted by molar-refractivity contribution is -0.142. The van der Waals surface area contributed by atoms with Crippen molar-refractivity contribution in [2.24, 2.45) is 0 Å². The zero-order valence-corrected chi connectivity index (χ0v) is 6.90. The van der Waals surface area contributed by atoms with Crippen LogP contribution in [0.15, 0.2) is 0 Å². The summed E-state index contributed by atoms with van der Waals surface area (Å²) in [4.78, 5) is 21.4. The fourth-order valence-electron chi connectivity index (χ4n) is 0.869. The molecule has 12 heavy (non-hydrogen) atoms. The van der Waals surface area contributed by atoms with Gasteiger partial charge in [0.1, 0.15) is 6.10 Å². The molecule has 0 aliphatic carbocycles. The van der Waals surface area contributed by atoms with Gasteiger partial charge in [-0.1, -0.05) is 0 Å². The number of rotatable bonds is 3. The monoisotopic (exact) mass is 174 g/mol. The molecule has 5 heteroatoms. The maximum absolute atomic E-state index is 10.8. The van der Waals surface area contributed by atoms with Crippen LogP contribution in [0, 0.1) is 0 Å². The fourth-order valence-corrected chi connectivity index (χ4v) is 0.869. The molecule has 68 valence electrons. The Hall–Kier alpha value is -1.10. The molecule has 0 N–H and O–H groups in total. The molecule has 5 nitrogen and oxygen atoms in total. The van der Waals surface area contributed by atoms with Crippen molar-refractivity contribution in [3.63, 3.8) is 0 Å². The van der Waals surface area contributed by atoms with Gasteiger partial charge in [0.15, 0.2) is 6.10 Å². The number of esters is 2. The molecule has 0 spiro atoms. The lowest BCUT2D eigenvalue weighted by Gasteiger charge is -1.93. The van der Waals surface area contributed by atoms with Crippen molar-refractivity contribution in [2.45, 2.75) is 18.6 Å². The van der Waals surface area contributed by atoms with E-state index < -0.39 is 12.1 Å². The molecule has 1 fully saturated rings. The van der Waals surface area contributed by atoms with Crippen molar-refractivity contribution in [3.8, 4) is 0 Å². The molecule has 1 aliphatic heterocycles. The van der Waals surface area contributed by atoms with Crippen molar-refractivity contribution in [2.75, 3.05) is 14.2 Å². The van der Waals surface area contributed by atoms with Crippen LogP contribution >= 0.6 is 0 Å². The Morgan fingerprint density at radius 1 is 1.33 bits per heavy atom. The molecule has 0 amide bonds. The van der Waals surface area contributed by atoms with Crippen LogP contribution in [-0.2, 0) is 23.8 Å². The Bertz CT molecular complexity index is 200. The van der Waals surface area contributed by atoms with E-state index in [1.807, 2.05) is 0 Å². The van der Waals surface area contributed by atoms with Crippen LogP contribution in [-0.4, -0.2) is 38.4 Å². The minimum atomic E-state index is -0.575. The Balaban J connectivity index is 2.24. The lowest BCUT2D eigenvalue weighted by atomic mass is 10.2. The predicted octanol–water partition coefficient (Wildman–Crippen LogP) is -0.510. The van der Waals surface area contributed by atoms with E-state index in [0.29, 0.717) is 0 Å². The molecule has 0 aromatic heterocycles. The highest BCUT2D eigenvalue weighted by molar-refractivity contribution is 5.80. The quantitative estimate of drug-likeness (QED) is 0.426. The van der Waals surface area contributed by atoms with E-state index in [-0.39, 0.29) is 18.5 Å². The second kappa shape index (κ2) is 3.53. The summed E-state index contributed by atoms with van der Waals surface area (Å²) in [6, 6.07) is 0. The van der Waals surface area contributed by atoms with Crippen LogP contribution in [0.1, 0.15) is 6.42 Å². The normalized spacial score (nSPS) is 26.2. The highest BCUT2D eigenvalue weighted by Crippen LogP contribution is 2.26. The van der Waals surface area contributed by atoms with Gasteiger partial charge in [0.2, 0.25) is 0 Å². The van der Waals surface area contributed by atoms with Gasteiger partial charge in [-0.3, -0.25) is 4.79 Å². The summed E-state index contributed by atoms with van der Waals surface area (Å²) in [7, 11) is 2.57. The summed E-state index contributed by atoms with van der Waals surface area (Å²) in [5, 5.41) is 0. The smallest absolute Gasteiger partial charge is 0.337 e. The van der Waals surface area contributed by atoms with Crippen molar-refractivity contribution in [1.29, 1.82) is 0 Å². The molecular weight excluding hydrogens is 164 g/mol. The number of carbonyl (C=O) groups excluding carboxylic acids is 2. The van der Waals surface area contributed by atoms with Crippen molar-refractivity contribution < 1.29 is 23.8 Å². The average Bonchev–Trinajstić information content (AvgIpc) is 2.82. The first kappa shape index (κ1) is 8.99.